The zero-order valence-electron chi connectivity index (χ0n) is 15.0. The molecule has 2 aromatic carbocycles. The number of carbonyl (C=O) groups excluding carboxylic acids is 1. The molecule has 1 aliphatic rings. The Bertz CT molecular complexity index is 933. The highest BCUT2D eigenvalue weighted by Gasteiger charge is 2.27. The van der Waals surface area contributed by atoms with Crippen LogP contribution < -0.4 is 14.8 Å². The van der Waals surface area contributed by atoms with E-state index in [1.807, 2.05) is 24.3 Å². The van der Waals surface area contributed by atoms with Crippen LogP contribution in [0.15, 0.2) is 59.5 Å². The first-order valence-corrected chi connectivity index (χ1v) is 10.2. The Morgan fingerprint density at radius 2 is 1.93 bits per heavy atom. The summed E-state index contributed by atoms with van der Waals surface area (Å²) in [6, 6.07) is 14.0. The summed E-state index contributed by atoms with van der Waals surface area (Å²) in [5, 5.41) is 2.78. The van der Waals surface area contributed by atoms with Crippen LogP contribution in [0.5, 0.6) is 5.75 Å². The minimum Gasteiger partial charge on any atom is -0.497 e. The van der Waals surface area contributed by atoms with Gasteiger partial charge in [-0.15, -0.1) is 0 Å². The van der Waals surface area contributed by atoms with E-state index in [4.69, 9.17) is 4.74 Å². The highest BCUT2D eigenvalue weighted by Crippen LogP contribution is 2.22. The molecule has 1 aliphatic carbocycles. The van der Waals surface area contributed by atoms with Crippen LogP contribution in [0.3, 0.4) is 0 Å². The van der Waals surface area contributed by atoms with Gasteiger partial charge in [0.25, 0.3) is 0 Å². The third-order valence-electron chi connectivity index (χ3n) is 4.12. The predicted molar refractivity (Wildman–Crippen MR) is 104 cm³/mol. The highest BCUT2D eigenvalue weighted by molar-refractivity contribution is 7.89. The van der Waals surface area contributed by atoms with Gasteiger partial charge in [0.2, 0.25) is 15.9 Å². The normalized spacial score (nSPS) is 14.3. The molecular formula is C20H22N2O4S. The first-order chi connectivity index (χ1) is 13.0. The Kier molecular flexibility index (Phi) is 5.93. The molecule has 7 heteroatoms. The van der Waals surface area contributed by atoms with Crippen molar-refractivity contribution < 1.29 is 17.9 Å². The van der Waals surface area contributed by atoms with Crippen molar-refractivity contribution in [3.05, 3.63) is 65.7 Å². The largest absolute Gasteiger partial charge is 0.497 e. The standard InChI is InChI=1S/C20H22N2O4S/c1-26-18-4-2-3-15(13-18)7-12-20(23)21-14-16-5-10-19(11-6-16)27(24,25)22-17-8-9-17/h2-7,10-13,17,22H,8-9,14H2,1H3,(H,21,23)/b12-7+. The van der Waals surface area contributed by atoms with E-state index >= 15 is 0 Å². The molecule has 0 unspecified atom stereocenters. The Balaban J connectivity index is 1.53. The zero-order chi connectivity index (χ0) is 19.3. The number of methoxy groups -OCH3 is 1. The molecule has 0 aromatic heterocycles. The molecule has 27 heavy (non-hydrogen) atoms. The summed E-state index contributed by atoms with van der Waals surface area (Å²) in [7, 11) is -1.86. The average Bonchev–Trinajstić information content (AvgIpc) is 3.48. The van der Waals surface area contributed by atoms with Gasteiger partial charge in [0.1, 0.15) is 5.75 Å². The monoisotopic (exact) mass is 386 g/mol. The lowest BCUT2D eigenvalue weighted by Crippen LogP contribution is -2.25. The smallest absolute Gasteiger partial charge is 0.244 e. The fraction of sp³-hybridized carbons (Fsp3) is 0.250. The van der Waals surface area contributed by atoms with Crippen LogP contribution in [0.4, 0.5) is 0 Å². The van der Waals surface area contributed by atoms with Crippen LogP contribution in [-0.4, -0.2) is 27.5 Å². The number of benzene rings is 2. The lowest BCUT2D eigenvalue weighted by atomic mass is 10.2. The van der Waals surface area contributed by atoms with Gasteiger partial charge in [0.05, 0.1) is 12.0 Å². The molecule has 142 valence electrons. The SMILES string of the molecule is COc1cccc(/C=C/C(=O)NCc2ccc(S(=O)(=O)NC3CC3)cc2)c1. The van der Waals surface area contributed by atoms with E-state index < -0.39 is 10.0 Å². The van der Waals surface area contributed by atoms with Gasteiger partial charge < -0.3 is 10.1 Å². The van der Waals surface area contributed by atoms with E-state index in [0.29, 0.717) is 6.54 Å². The lowest BCUT2D eigenvalue weighted by Gasteiger charge is -2.07. The zero-order valence-corrected chi connectivity index (χ0v) is 15.8. The Hall–Kier alpha value is -2.64. The van der Waals surface area contributed by atoms with Gasteiger partial charge in [-0.2, -0.15) is 0 Å². The van der Waals surface area contributed by atoms with Gasteiger partial charge in [-0.25, -0.2) is 13.1 Å². The minimum absolute atomic E-state index is 0.0744. The molecule has 0 heterocycles. The second-order valence-electron chi connectivity index (χ2n) is 6.37. The first kappa shape index (κ1) is 19.1. The van der Waals surface area contributed by atoms with Crippen molar-refractivity contribution in [3.63, 3.8) is 0 Å². The molecule has 0 aliphatic heterocycles. The summed E-state index contributed by atoms with van der Waals surface area (Å²) in [6.07, 6.45) is 4.95. The molecule has 0 saturated heterocycles. The van der Waals surface area contributed by atoms with Crippen LogP contribution in [0.2, 0.25) is 0 Å². The van der Waals surface area contributed by atoms with Crippen LogP contribution in [0.25, 0.3) is 6.08 Å². The summed E-state index contributed by atoms with van der Waals surface area (Å²) < 4.78 is 32.0. The molecular weight excluding hydrogens is 364 g/mol. The van der Waals surface area contributed by atoms with Gasteiger partial charge in [0.15, 0.2) is 0 Å². The number of nitrogens with one attached hydrogen (secondary N) is 2. The number of carbonyl (C=O) groups is 1. The Labute approximate surface area is 159 Å². The molecule has 0 radical (unpaired) electrons. The van der Waals surface area contributed by atoms with E-state index in [2.05, 4.69) is 10.0 Å². The quantitative estimate of drug-likeness (QED) is 0.683. The molecule has 3 rings (SSSR count). The van der Waals surface area contributed by atoms with Gasteiger partial charge in [0, 0.05) is 18.7 Å². The molecule has 0 bridgehead atoms. The second kappa shape index (κ2) is 8.37. The summed E-state index contributed by atoms with van der Waals surface area (Å²) in [4.78, 5) is 12.2. The minimum atomic E-state index is -3.45. The number of amides is 1. The fourth-order valence-electron chi connectivity index (χ4n) is 2.44. The third kappa shape index (κ3) is 5.67. The van der Waals surface area contributed by atoms with Crippen molar-refractivity contribution in [1.82, 2.24) is 10.0 Å². The van der Waals surface area contributed by atoms with Crippen LogP contribution in [0.1, 0.15) is 24.0 Å². The second-order valence-corrected chi connectivity index (χ2v) is 8.08. The molecule has 1 saturated carbocycles. The van der Waals surface area contributed by atoms with Crippen LogP contribution >= 0.6 is 0 Å². The summed E-state index contributed by atoms with van der Waals surface area (Å²) in [5.74, 6) is 0.494. The number of rotatable bonds is 8. The van der Waals surface area contributed by atoms with E-state index in [9.17, 15) is 13.2 Å². The topological polar surface area (TPSA) is 84.5 Å². The maximum atomic E-state index is 12.1. The van der Waals surface area contributed by atoms with Crippen molar-refractivity contribution >= 4 is 22.0 Å². The van der Waals surface area contributed by atoms with Crippen molar-refractivity contribution in [3.8, 4) is 5.75 Å². The van der Waals surface area contributed by atoms with Crippen LogP contribution in [0, 0.1) is 0 Å². The third-order valence-corrected chi connectivity index (χ3v) is 5.66. The van der Waals surface area contributed by atoms with Gasteiger partial charge in [-0.1, -0.05) is 24.3 Å². The van der Waals surface area contributed by atoms with Gasteiger partial charge in [-0.05, 0) is 54.3 Å². The Morgan fingerprint density at radius 1 is 1.19 bits per heavy atom. The van der Waals surface area contributed by atoms with Crippen molar-refractivity contribution in [2.45, 2.75) is 30.3 Å². The molecule has 2 N–H and O–H groups in total. The lowest BCUT2D eigenvalue weighted by molar-refractivity contribution is -0.116. The number of hydrogen-bond donors (Lipinski definition) is 2. The molecule has 0 atom stereocenters. The summed E-state index contributed by atoms with van der Waals surface area (Å²) in [6.45, 7) is 0.317. The van der Waals surface area contributed by atoms with E-state index in [0.717, 1.165) is 29.7 Å². The van der Waals surface area contributed by atoms with Crippen molar-refractivity contribution in [2.75, 3.05) is 7.11 Å². The van der Waals surface area contributed by atoms with Gasteiger partial charge in [-0.3, -0.25) is 4.79 Å². The van der Waals surface area contributed by atoms with Crippen molar-refractivity contribution in [2.24, 2.45) is 0 Å². The highest BCUT2D eigenvalue weighted by atomic mass is 32.2. The fourth-order valence-corrected chi connectivity index (χ4v) is 3.75. The number of sulfonamides is 1. The maximum absolute atomic E-state index is 12.1. The maximum Gasteiger partial charge on any atom is 0.244 e. The van der Waals surface area contributed by atoms with Gasteiger partial charge >= 0.3 is 0 Å². The first-order valence-electron chi connectivity index (χ1n) is 8.67. The molecule has 6 nitrogen and oxygen atoms in total. The molecule has 1 fully saturated rings. The summed E-state index contributed by atoms with van der Waals surface area (Å²) in [5.41, 5.74) is 1.69. The van der Waals surface area contributed by atoms with Crippen LogP contribution in [-0.2, 0) is 21.4 Å². The van der Waals surface area contributed by atoms with E-state index in [-0.39, 0.29) is 16.8 Å². The number of ether oxygens (including phenoxy) is 1. The summed E-state index contributed by atoms with van der Waals surface area (Å²) >= 11 is 0. The van der Waals surface area contributed by atoms with Crippen molar-refractivity contribution in [1.29, 1.82) is 0 Å². The van der Waals surface area contributed by atoms with E-state index in [1.54, 1.807) is 37.5 Å². The predicted octanol–water partition coefficient (Wildman–Crippen LogP) is 2.47. The average molecular weight is 386 g/mol. The molecule has 1 amide bonds. The molecule has 0 spiro atoms. The number of hydrogen-bond acceptors (Lipinski definition) is 4. The molecule has 2 aromatic rings. The van der Waals surface area contributed by atoms with E-state index in [1.165, 1.54) is 6.08 Å². The Morgan fingerprint density at radius 3 is 2.59 bits per heavy atom.